The van der Waals surface area contributed by atoms with Crippen molar-refractivity contribution < 1.29 is 4.79 Å². The van der Waals surface area contributed by atoms with Crippen LogP contribution in [0.1, 0.15) is 29.4 Å². The normalized spacial score (nSPS) is 19.8. The van der Waals surface area contributed by atoms with E-state index >= 15 is 0 Å². The molecule has 1 fully saturated rings. The molecule has 0 aromatic carbocycles. The number of amides is 1. The first-order valence-electron chi connectivity index (χ1n) is 6.46. The second kappa shape index (κ2) is 6.68. The van der Waals surface area contributed by atoms with Crippen LogP contribution >= 0.6 is 27.3 Å². The van der Waals surface area contributed by atoms with Crippen molar-refractivity contribution in [1.29, 1.82) is 0 Å². The number of hydrogen-bond acceptors (Lipinski definition) is 3. The number of carbonyl (C=O) groups excluding carboxylic acids is 1. The van der Waals surface area contributed by atoms with Crippen LogP contribution < -0.4 is 5.32 Å². The second-order valence-corrected chi connectivity index (χ2v) is 7.12. The van der Waals surface area contributed by atoms with Crippen molar-refractivity contribution in [1.82, 2.24) is 10.2 Å². The van der Waals surface area contributed by atoms with Gasteiger partial charge in [0.1, 0.15) is 0 Å². The minimum absolute atomic E-state index is 0.166. The molecule has 1 aromatic heterocycles. The Morgan fingerprint density at radius 1 is 1.61 bits per heavy atom. The van der Waals surface area contributed by atoms with Crippen molar-refractivity contribution in [3.8, 4) is 0 Å². The molecule has 1 saturated heterocycles. The Kier molecular flexibility index (Phi) is 5.21. The quantitative estimate of drug-likeness (QED) is 0.920. The van der Waals surface area contributed by atoms with Gasteiger partial charge < -0.3 is 10.2 Å². The summed E-state index contributed by atoms with van der Waals surface area (Å²) in [5.41, 5.74) is 0. The molecule has 1 N–H and O–H groups in total. The third-order valence-corrected chi connectivity index (χ3v) is 4.94. The summed E-state index contributed by atoms with van der Waals surface area (Å²) in [6, 6.07) is 3.84. The molecule has 0 bridgehead atoms. The fourth-order valence-electron chi connectivity index (χ4n) is 2.33. The standard InChI is InChI=1S/C13H19BrN2OS/c1-2-16(9-10-4-3-7-15-8-10)13(17)11-5-6-12(14)18-11/h5-6,10,15H,2-4,7-9H2,1H3. The summed E-state index contributed by atoms with van der Waals surface area (Å²) in [7, 11) is 0. The Hall–Kier alpha value is -0.390. The van der Waals surface area contributed by atoms with Crippen molar-refractivity contribution in [2.24, 2.45) is 5.92 Å². The molecule has 0 spiro atoms. The van der Waals surface area contributed by atoms with Crippen molar-refractivity contribution in [3.63, 3.8) is 0 Å². The van der Waals surface area contributed by atoms with E-state index in [-0.39, 0.29) is 5.91 Å². The maximum Gasteiger partial charge on any atom is 0.263 e. The molecule has 1 atom stereocenters. The van der Waals surface area contributed by atoms with E-state index in [9.17, 15) is 4.79 Å². The van der Waals surface area contributed by atoms with Crippen molar-refractivity contribution >= 4 is 33.2 Å². The van der Waals surface area contributed by atoms with Crippen molar-refractivity contribution in [2.75, 3.05) is 26.2 Å². The summed E-state index contributed by atoms with van der Waals surface area (Å²) in [6.07, 6.45) is 2.45. The Morgan fingerprint density at radius 3 is 3.00 bits per heavy atom. The molecular weight excluding hydrogens is 312 g/mol. The summed E-state index contributed by atoms with van der Waals surface area (Å²) in [5, 5.41) is 3.40. The van der Waals surface area contributed by atoms with Gasteiger partial charge in [0.25, 0.3) is 5.91 Å². The van der Waals surface area contributed by atoms with Gasteiger partial charge in [-0.05, 0) is 66.8 Å². The average molecular weight is 331 g/mol. The van der Waals surface area contributed by atoms with E-state index < -0.39 is 0 Å². The third-order valence-electron chi connectivity index (χ3n) is 3.33. The summed E-state index contributed by atoms with van der Waals surface area (Å²) < 4.78 is 1.02. The highest BCUT2D eigenvalue weighted by molar-refractivity contribution is 9.11. The SMILES string of the molecule is CCN(CC1CCCNC1)C(=O)c1ccc(Br)s1. The van der Waals surface area contributed by atoms with Crippen LogP contribution in [-0.4, -0.2) is 37.0 Å². The van der Waals surface area contributed by atoms with E-state index in [2.05, 4.69) is 28.2 Å². The molecule has 0 aliphatic carbocycles. The predicted molar refractivity (Wildman–Crippen MR) is 79.2 cm³/mol. The fraction of sp³-hybridized carbons (Fsp3) is 0.615. The Labute approximate surface area is 121 Å². The molecule has 1 unspecified atom stereocenters. The zero-order chi connectivity index (χ0) is 13.0. The average Bonchev–Trinajstić information content (AvgIpc) is 2.83. The second-order valence-electron chi connectivity index (χ2n) is 4.66. The largest absolute Gasteiger partial charge is 0.338 e. The smallest absolute Gasteiger partial charge is 0.263 e. The molecule has 2 rings (SSSR count). The molecule has 18 heavy (non-hydrogen) atoms. The molecule has 0 radical (unpaired) electrons. The number of piperidine rings is 1. The van der Waals surface area contributed by atoms with Gasteiger partial charge in [0, 0.05) is 13.1 Å². The van der Waals surface area contributed by atoms with Crippen LogP contribution in [0, 0.1) is 5.92 Å². The number of rotatable bonds is 4. The van der Waals surface area contributed by atoms with Gasteiger partial charge in [-0.25, -0.2) is 0 Å². The van der Waals surface area contributed by atoms with E-state index in [4.69, 9.17) is 0 Å². The van der Waals surface area contributed by atoms with Gasteiger partial charge >= 0.3 is 0 Å². The molecule has 1 aromatic rings. The van der Waals surface area contributed by atoms with Crippen LogP contribution in [-0.2, 0) is 0 Å². The Morgan fingerprint density at radius 2 is 2.44 bits per heavy atom. The van der Waals surface area contributed by atoms with Crippen LogP contribution in [0.25, 0.3) is 0 Å². The van der Waals surface area contributed by atoms with Crippen LogP contribution in [0.4, 0.5) is 0 Å². The van der Waals surface area contributed by atoms with Crippen LogP contribution in [0.15, 0.2) is 15.9 Å². The maximum absolute atomic E-state index is 12.4. The van der Waals surface area contributed by atoms with Gasteiger partial charge in [-0.3, -0.25) is 4.79 Å². The van der Waals surface area contributed by atoms with Gasteiger partial charge in [-0.15, -0.1) is 11.3 Å². The lowest BCUT2D eigenvalue weighted by Gasteiger charge is -2.29. The van der Waals surface area contributed by atoms with Crippen LogP contribution in [0.2, 0.25) is 0 Å². The number of carbonyl (C=O) groups is 1. The molecule has 0 saturated carbocycles. The predicted octanol–water partition coefficient (Wildman–Crippen LogP) is 2.97. The monoisotopic (exact) mass is 330 g/mol. The number of hydrogen-bond donors (Lipinski definition) is 1. The molecule has 1 aliphatic heterocycles. The zero-order valence-corrected chi connectivity index (χ0v) is 13.0. The van der Waals surface area contributed by atoms with Crippen LogP contribution in [0.3, 0.4) is 0 Å². The number of thiophene rings is 1. The molecule has 1 aliphatic rings. The Bertz CT molecular complexity index is 401. The van der Waals surface area contributed by atoms with Gasteiger partial charge in [-0.1, -0.05) is 0 Å². The number of nitrogens with zero attached hydrogens (tertiary/aromatic N) is 1. The van der Waals surface area contributed by atoms with E-state index in [0.29, 0.717) is 5.92 Å². The van der Waals surface area contributed by atoms with E-state index in [1.54, 1.807) is 0 Å². The highest BCUT2D eigenvalue weighted by atomic mass is 79.9. The maximum atomic E-state index is 12.4. The number of nitrogens with one attached hydrogen (secondary N) is 1. The summed E-state index contributed by atoms with van der Waals surface area (Å²) in [6.45, 7) is 5.87. The first-order valence-corrected chi connectivity index (χ1v) is 8.07. The molecule has 5 heteroatoms. The fourth-order valence-corrected chi connectivity index (χ4v) is 3.69. The van der Waals surface area contributed by atoms with Gasteiger partial charge in [0.15, 0.2) is 0 Å². The van der Waals surface area contributed by atoms with E-state index in [1.165, 1.54) is 24.2 Å². The van der Waals surface area contributed by atoms with Crippen LogP contribution in [0.5, 0.6) is 0 Å². The summed E-state index contributed by atoms with van der Waals surface area (Å²) in [4.78, 5) is 15.2. The van der Waals surface area contributed by atoms with E-state index in [0.717, 1.165) is 34.8 Å². The van der Waals surface area contributed by atoms with Gasteiger partial charge in [0.2, 0.25) is 0 Å². The molecular formula is C13H19BrN2OS. The number of halogens is 1. The summed E-state index contributed by atoms with van der Waals surface area (Å²) in [5.74, 6) is 0.768. The molecule has 2 heterocycles. The lowest BCUT2D eigenvalue weighted by molar-refractivity contribution is 0.0734. The first kappa shape index (κ1) is 14.0. The minimum Gasteiger partial charge on any atom is -0.338 e. The first-order chi connectivity index (χ1) is 8.70. The molecule has 3 nitrogen and oxygen atoms in total. The zero-order valence-electron chi connectivity index (χ0n) is 10.6. The third kappa shape index (κ3) is 3.56. The highest BCUT2D eigenvalue weighted by Gasteiger charge is 2.21. The molecule has 100 valence electrons. The van der Waals surface area contributed by atoms with Crippen molar-refractivity contribution in [3.05, 3.63) is 20.8 Å². The lowest BCUT2D eigenvalue weighted by atomic mass is 9.99. The van der Waals surface area contributed by atoms with Gasteiger partial charge in [-0.2, -0.15) is 0 Å². The topological polar surface area (TPSA) is 32.3 Å². The van der Waals surface area contributed by atoms with Gasteiger partial charge in [0.05, 0.1) is 8.66 Å². The highest BCUT2D eigenvalue weighted by Crippen LogP contribution is 2.24. The van der Waals surface area contributed by atoms with Crippen molar-refractivity contribution in [2.45, 2.75) is 19.8 Å². The Balaban J connectivity index is 1.97. The molecule has 1 amide bonds. The van der Waals surface area contributed by atoms with E-state index in [1.807, 2.05) is 17.0 Å². The summed E-state index contributed by atoms with van der Waals surface area (Å²) >= 11 is 4.92. The lowest BCUT2D eigenvalue weighted by Crippen LogP contribution is -2.40. The minimum atomic E-state index is 0.166.